The summed E-state index contributed by atoms with van der Waals surface area (Å²) in [6.45, 7) is 2.08. The van der Waals surface area contributed by atoms with Gasteiger partial charge in [-0.2, -0.15) is 0 Å². The van der Waals surface area contributed by atoms with Crippen LogP contribution in [0.1, 0.15) is 53.4 Å². The Labute approximate surface area is 200 Å². The maximum Gasteiger partial charge on any atom is 0.341 e. The molecule has 1 aromatic carbocycles. The van der Waals surface area contributed by atoms with Crippen LogP contribution in [0.25, 0.3) is 10.9 Å². The molecule has 3 aromatic rings. The first-order valence-electron chi connectivity index (χ1n) is 11.2. The van der Waals surface area contributed by atoms with E-state index in [4.69, 9.17) is 4.74 Å². The average Bonchev–Trinajstić information content (AvgIpc) is 2.97. The quantitative estimate of drug-likeness (QED) is 0.228. The van der Waals surface area contributed by atoms with Crippen molar-refractivity contribution in [2.75, 3.05) is 17.7 Å². The molecule has 0 radical (unpaired) electrons. The van der Waals surface area contributed by atoms with E-state index in [9.17, 15) is 14.4 Å². The number of para-hydroxylation sites is 1. The van der Waals surface area contributed by atoms with Crippen molar-refractivity contribution in [3.63, 3.8) is 0 Å². The van der Waals surface area contributed by atoms with Gasteiger partial charge in [0.05, 0.1) is 23.1 Å². The van der Waals surface area contributed by atoms with Gasteiger partial charge in [0.1, 0.15) is 5.00 Å². The van der Waals surface area contributed by atoms with Crippen LogP contribution in [-0.4, -0.2) is 33.8 Å². The third-order valence-electron chi connectivity index (χ3n) is 5.66. The summed E-state index contributed by atoms with van der Waals surface area (Å²) in [5.74, 6) is -0.0724. The number of aromatic nitrogens is 2. The predicted molar refractivity (Wildman–Crippen MR) is 132 cm³/mol. The Hall–Kier alpha value is -2.65. The number of nitrogens with zero attached hydrogens (tertiary/aromatic N) is 2. The van der Waals surface area contributed by atoms with Gasteiger partial charge in [-0.25, -0.2) is 9.78 Å². The summed E-state index contributed by atoms with van der Waals surface area (Å²) >= 11 is 2.86. The number of anilines is 1. The number of ether oxygens (including phenoxy) is 1. The van der Waals surface area contributed by atoms with Gasteiger partial charge in [0.25, 0.3) is 5.56 Å². The molecular formula is C24H27N3O4S2. The number of amides is 1. The van der Waals surface area contributed by atoms with Crippen LogP contribution >= 0.6 is 23.1 Å². The first-order chi connectivity index (χ1) is 16.0. The minimum Gasteiger partial charge on any atom is -0.462 e. The Kier molecular flexibility index (Phi) is 7.49. The fourth-order valence-electron chi connectivity index (χ4n) is 4.00. The lowest BCUT2D eigenvalue weighted by atomic mass is 10.1. The molecule has 0 atom stereocenters. The van der Waals surface area contributed by atoms with E-state index in [1.807, 2.05) is 18.2 Å². The number of benzene rings is 1. The van der Waals surface area contributed by atoms with Crippen LogP contribution in [-0.2, 0) is 29.4 Å². The lowest BCUT2D eigenvalue weighted by Gasteiger charge is -2.10. The summed E-state index contributed by atoms with van der Waals surface area (Å²) < 4.78 is 6.80. The smallest absolute Gasteiger partial charge is 0.341 e. The number of rotatable bonds is 7. The van der Waals surface area contributed by atoms with Crippen molar-refractivity contribution in [2.45, 2.75) is 50.6 Å². The molecule has 0 unspecified atom stereocenters. The van der Waals surface area contributed by atoms with Crippen LogP contribution in [0.15, 0.2) is 34.2 Å². The van der Waals surface area contributed by atoms with E-state index in [1.165, 1.54) is 32.5 Å². The number of thiophene rings is 1. The molecule has 2 aromatic heterocycles. The topological polar surface area (TPSA) is 90.3 Å². The zero-order valence-electron chi connectivity index (χ0n) is 18.8. The highest BCUT2D eigenvalue weighted by Gasteiger charge is 2.26. The molecule has 0 saturated heterocycles. The molecule has 0 aliphatic heterocycles. The van der Waals surface area contributed by atoms with E-state index in [0.717, 1.165) is 37.7 Å². The second-order valence-electron chi connectivity index (χ2n) is 7.91. The van der Waals surface area contributed by atoms with Crippen molar-refractivity contribution in [1.82, 2.24) is 9.55 Å². The van der Waals surface area contributed by atoms with E-state index < -0.39 is 0 Å². The second-order valence-corrected chi connectivity index (χ2v) is 10.1. The van der Waals surface area contributed by atoms with E-state index in [-0.39, 0.29) is 23.9 Å². The fourth-order valence-corrected chi connectivity index (χ4v) is 6.20. The maximum atomic E-state index is 12.7. The average molecular weight is 486 g/mol. The molecule has 2 heterocycles. The number of esters is 1. The molecule has 0 saturated carbocycles. The Morgan fingerprint density at radius 3 is 2.82 bits per heavy atom. The van der Waals surface area contributed by atoms with Crippen molar-refractivity contribution >= 4 is 50.9 Å². The Balaban J connectivity index is 1.45. The van der Waals surface area contributed by atoms with Crippen LogP contribution in [0.5, 0.6) is 0 Å². The van der Waals surface area contributed by atoms with E-state index in [0.29, 0.717) is 39.0 Å². The molecule has 0 spiro atoms. The lowest BCUT2D eigenvalue weighted by Crippen LogP contribution is -2.20. The third-order valence-corrected chi connectivity index (χ3v) is 7.90. The SMILES string of the molecule is CCOC(=O)c1c(NC(=O)CCSc2nc3ccccc3c(=O)n2C)sc2c1CCCCC2. The van der Waals surface area contributed by atoms with E-state index in [2.05, 4.69) is 10.3 Å². The molecule has 33 heavy (non-hydrogen) atoms. The molecule has 4 rings (SSSR count). The molecular weight excluding hydrogens is 458 g/mol. The third kappa shape index (κ3) is 5.14. The molecule has 1 amide bonds. The van der Waals surface area contributed by atoms with Gasteiger partial charge in [-0.1, -0.05) is 30.3 Å². The number of thioether (sulfide) groups is 1. The standard InChI is InChI=1S/C24H27N3O4S2/c1-3-31-23(30)20-16-10-5-4-6-12-18(16)33-21(20)26-19(28)13-14-32-24-25-17-11-8-7-9-15(17)22(29)27(24)2/h7-9,11H,3-6,10,12-14H2,1-2H3,(H,26,28). The zero-order valence-corrected chi connectivity index (χ0v) is 20.4. The van der Waals surface area contributed by atoms with Crippen molar-refractivity contribution in [1.29, 1.82) is 0 Å². The monoisotopic (exact) mass is 485 g/mol. The van der Waals surface area contributed by atoms with Gasteiger partial charge in [-0.05, 0) is 50.3 Å². The summed E-state index contributed by atoms with van der Waals surface area (Å²) in [4.78, 5) is 43.7. The molecule has 9 heteroatoms. The van der Waals surface area contributed by atoms with Gasteiger partial charge in [0, 0.05) is 24.1 Å². The highest BCUT2D eigenvalue weighted by Crippen LogP contribution is 2.38. The lowest BCUT2D eigenvalue weighted by molar-refractivity contribution is -0.115. The van der Waals surface area contributed by atoms with Gasteiger partial charge < -0.3 is 10.1 Å². The van der Waals surface area contributed by atoms with E-state index >= 15 is 0 Å². The molecule has 1 aliphatic carbocycles. The van der Waals surface area contributed by atoms with Crippen molar-refractivity contribution in [3.8, 4) is 0 Å². The Morgan fingerprint density at radius 2 is 2.00 bits per heavy atom. The molecule has 174 valence electrons. The minimum absolute atomic E-state index is 0.105. The normalized spacial score (nSPS) is 13.4. The predicted octanol–water partition coefficient (Wildman–Crippen LogP) is 4.56. The number of aryl methyl sites for hydroxylation is 1. The molecule has 0 fully saturated rings. The van der Waals surface area contributed by atoms with Crippen LogP contribution in [0.4, 0.5) is 5.00 Å². The summed E-state index contributed by atoms with van der Waals surface area (Å²) in [6.07, 6.45) is 5.29. The maximum absolute atomic E-state index is 12.7. The Bertz CT molecular complexity index is 1250. The number of hydrogen-bond donors (Lipinski definition) is 1. The number of fused-ring (bicyclic) bond motifs is 2. The largest absolute Gasteiger partial charge is 0.462 e. The summed E-state index contributed by atoms with van der Waals surface area (Å²) in [6, 6.07) is 7.24. The fraction of sp³-hybridized carbons (Fsp3) is 0.417. The molecule has 1 N–H and O–H groups in total. The number of carbonyl (C=O) groups is 2. The highest BCUT2D eigenvalue weighted by atomic mass is 32.2. The number of hydrogen-bond acceptors (Lipinski definition) is 7. The van der Waals surface area contributed by atoms with Gasteiger partial charge in [0.2, 0.25) is 5.91 Å². The first kappa shape index (κ1) is 23.5. The van der Waals surface area contributed by atoms with Gasteiger partial charge in [-0.3, -0.25) is 14.2 Å². The highest BCUT2D eigenvalue weighted by molar-refractivity contribution is 7.99. The second kappa shape index (κ2) is 10.5. The number of carbonyl (C=O) groups excluding carboxylic acids is 2. The van der Waals surface area contributed by atoms with Gasteiger partial charge in [0.15, 0.2) is 5.16 Å². The minimum atomic E-state index is -0.364. The number of nitrogens with one attached hydrogen (secondary N) is 1. The molecule has 1 aliphatic rings. The van der Waals surface area contributed by atoms with Crippen LogP contribution in [0.2, 0.25) is 0 Å². The van der Waals surface area contributed by atoms with E-state index in [1.54, 1.807) is 20.0 Å². The zero-order chi connectivity index (χ0) is 23.4. The van der Waals surface area contributed by atoms with Gasteiger partial charge in [-0.15, -0.1) is 11.3 Å². The van der Waals surface area contributed by atoms with Crippen LogP contribution < -0.4 is 10.9 Å². The van der Waals surface area contributed by atoms with Crippen molar-refractivity contribution in [3.05, 3.63) is 50.6 Å². The molecule has 7 nitrogen and oxygen atoms in total. The van der Waals surface area contributed by atoms with Crippen LogP contribution in [0.3, 0.4) is 0 Å². The molecule has 0 bridgehead atoms. The Morgan fingerprint density at radius 1 is 1.21 bits per heavy atom. The summed E-state index contributed by atoms with van der Waals surface area (Å²) in [7, 11) is 1.69. The van der Waals surface area contributed by atoms with Crippen molar-refractivity contribution < 1.29 is 14.3 Å². The summed E-state index contributed by atoms with van der Waals surface area (Å²) in [5, 5.41) is 4.68. The first-order valence-corrected chi connectivity index (χ1v) is 13.0. The van der Waals surface area contributed by atoms with Crippen LogP contribution in [0, 0.1) is 0 Å². The van der Waals surface area contributed by atoms with Crippen molar-refractivity contribution in [2.24, 2.45) is 7.05 Å². The summed E-state index contributed by atoms with van der Waals surface area (Å²) in [5.41, 5.74) is 2.10. The van der Waals surface area contributed by atoms with Gasteiger partial charge >= 0.3 is 5.97 Å².